The molecule has 8 heteroatoms. The van der Waals surface area contributed by atoms with Crippen LogP contribution in [0.5, 0.6) is 0 Å². The lowest BCUT2D eigenvalue weighted by atomic mass is 9.94. The van der Waals surface area contributed by atoms with Gasteiger partial charge in [-0.2, -0.15) is 5.10 Å². The van der Waals surface area contributed by atoms with E-state index in [2.05, 4.69) is 15.0 Å². The highest BCUT2D eigenvalue weighted by molar-refractivity contribution is 6.30. The minimum absolute atomic E-state index is 0.105. The second kappa shape index (κ2) is 7.37. The molecule has 5 rings (SSSR count). The number of fused-ring (bicyclic) bond motifs is 2. The Morgan fingerprint density at radius 2 is 1.82 bits per heavy atom. The van der Waals surface area contributed by atoms with Gasteiger partial charge in [-0.3, -0.25) is 9.78 Å². The summed E-state index contributed by atoms with van der Waals surface area (Å²) in [6, 6.07) is 1.94. The summed E-state index contributed by atoms with van der Waals surface area (Å²) in [5.41, 5.74) is 1.98. The molecule has 2 bridgehead atoms. The van der Waals surface area contributed by atoms with Gasteiger partial charge in [0.1, 0.15) is 0 Å². The lowest BCUT2D eigenvalue weighted by Gasteiger charge is -2.38. The minimum atomic E-state index is 0.105. The first-order chi connectivity index (χ1) is 13.7. The maximum absolute atomic E-state index is 13.0. The fourth-order valence-electron chi connectivity index (χ4n) is 4.67. The van der Waals surface area contributed by atoms with Crippen molar-refractivity contribution in [3.63, 3.8) is 0 Å². The van der Waals surface area contributed by atoms with Crippen molar-refractivity contribution in [3.8, 4) is 5.69 Å². The standard InChI is InChI=1S/C20H24ClN5O2/c21-15-9-23-26(11-15)18-3-6-22-10-19(18)24-7-4-14(5-8-24)20(27)25-12-16-1-2-17(13-25)28-16/h3,6,9-11,14,16-17H,1-2,4-5,7-8,12-13H2. The number of piperidine rings is 1. The summed E-state index contributed by atoms with van der Waals surface area (Å²) >= 11 is 6.04. The van der Waals surface area contributed by atoms with Crippen molar-refractivity contribution in [2.45, 2.75) is 37.9 Å². The zero-order chi connectivity index (χ0) is 19.1. The maximum atomic E-state index is 13.0. The summed E-state index contributed by atoms with van der Waals surface area (Å²) in [5, 5.41) is 4.93. The zero-order valence-corrected chi connectivity index (χ0v) is 16.5. The van der Waals surface area contributed by atoms with Gasteiger partial charge in [0.05, 0.1) is 41.0 Å². The number of amides is 1. The molecular formula is C20H24ClN5O2. The van der Waals surface area contributed by atoms with E-state index in [9.17, 15) is 4.79 Å². The fourth-order valence-corrected chi connectivity index (χ4v) is 4.81. The number of pyridine rings is 1. The Labute approximate surface area is 169 Å². The first-order valence-electron chi connectivity index (χ1n) is 10.0. The molecule has 2 atom stereocenters. The van der Waals surface area contributed by atoms with E-state index in [1.54, 1.807) is 23.3 Å². The molecule has 3 aliphatic rings. The smallest absolute Gasteiger partial charge is 0.225 e. The lowest BCUT2D eigenvalue weighted by Crippen LogP contribution is -2.50. The van der Waals surface area contributed by atoms with E-state index in [1.165, 1.54) is 0 Å². The number of hydrogen-bond donors (Lipinski definition) is 0. The number of nitrogens with zero attached hydrogens (tertiary/aromatic N) is 5. The fraction of sp³-hybridized carbons (Fsp3) is 0.550. The van der Waals surface area contributed by atoms with Crippen molar-refractivity contribution >= 4 is 23.2 Å². The van der Waals surface area contributed by atoms with Crippen LogP contribution in [0.2, 0.25) is 5.02 Å². The summed E-state index contributed by atoms with van der Waals surface area (Å²) in [6.07, 6.45) is 11.5. The van der Waals surface area contributed by atoms with Crippen LogP contribution in [0, 0.1) is 5.92 Å². The van der Waals surface area contributed by atoms with Crippen LogP contribution in [0.15, 0.2) is 30.9 Å². The maximum Gasteiger partial charge on any atom is 0.225 e. The van der Waals surface area contributed by atoms with E-state index in [1.807, 2.05) is 17.2 Å². The first-order valence-corrected chi connectivity index (χ1v) is 10.4. The Morgan fingerprint density at radius 3 is 2.50 bits per heavy atom. The van der Waals surface area contributed by atoms with E-state index in [0.29, 0.717) is 10.9 Å². The normalized spacial score (nSPS) is 25.3. The summed E-state index contributed by atoms with van der Waals surface area (Å²) in [5.74, 6) is 0.415. The van der Waals surface area contributed by atoms with Gasteiger partial charge in [0.15, 0.2) is 0 Å². The van der Waals surface area contributed by atoms with Crippen LogP contribution in [0.3, 0.4) is 0 Å². The van der Waals surface area contributed by atoms with Crippen molar-refractivity contribution in [3.05, 3.63) is 35.9 Å². The van der Waals surface area contributed by atoms with Crippen LogP contribution in [0.4, 0.5) is 5.69 Å². The Morgan fingerprint density at radius 1 is 1.07 bits per heavy atom. The molecule has 148 valence electrons. The molecule has 0 aliphatic carbocycles. The van der Waals surface area contributed by atoms with Gasteiger partial charge in [0.25, 0.3) is 0 Å². The van der Waals surface area contributed by atoms with Gasteiger partial charge < -0.3 is 14.5 Å². The highest BCUT2D eigenvalue weighted by Gasteiger charge is 2.38. The van der Waals surface area contributed by atoms with Gasteiger partial charge in [0, 0.05) is 44.5 Å². The predicted octanol–water partition coefficient (Wildman–Crippen LogP) is 2.53. The Bertz CT molecular complexity index is 852. The number of morpholine rings is 1. The minimum Gasteiger partial charge on any atom is -0.371 e. The predicted molar refractivity (Wildman–Crippen MR) is 106 cm³/mol. The van der Waals surface area contributed by atoms with Crippen molar-refractivity contribution in [1.82, 2.24) is 19.7 Å². The van der Waals surface area contributed by atoms with Crippen LogP contribution < -0.4 is 4.90 Å². The molecule has 0 spiro atoms. The molecule has 2 aromatic heterocycles. The molecule has 28 heavy (non-hydrogen) atoms. The largest absolute Gasteiger partial charge is 0.371 e. The molecule has 1 amide bonds. The highest BCUT2D eigenvalue weighted by atomic mass is 35.5. The van der Waals surface area contributed by atoms with Crippen molar-refractivity contribution in [1.29, 1.82) is 0 Å². The molecule has 3 saturated heterocycles. The van der Waals surface area contributed by atoms with Gasteiger partial charge in [-0.05, 0) is 31.7 Å². The van der Waals surface area contributed by atoms with Gasteiger partial charge in [0.2, 0.25) is 5.91 Å². The van der Waals surface area contributed by atoms with Gasteiger partial charge >= 0.3 is 0 Å². The molecule has 3 aliphatic heterocycles. The summed E-state index contributed by atoms with van der Waals surface area (Å²) in [4.78, 5) is 21.7. The molecule has 0 saturated carbocycles. The van der Waals surface area contributed by atoms with E-state index < -0.39 is 0 Å². The molecule has 3 fully saturated rings. The molecule has 5 heterocycles. The Balaban J connectivity index is 1.26. The van der Waals surface area contributed by atoms with Crippen LogP contribution in [-0.4, -0.2) is 64.0 Å². The molecular weight excluding hydrogens is 378 g/mol. The second-order valence-corrected chi connectivity index (χ2v) is 8.37. The van der Waals surface area contributed by atoms with E-state index >= 15 is 0 Å². The molecule has 2 aromatic rings. The molecule has 7 nitrogen and oxygen atoms in total. The number of likely N-dealkylation sites (tertiary alicyclic amines) is 1. The second-order valence-electron chi connectivity index (χ2n) is 7.93. The number of carbonyl (C=O) groups is 1. The number of halogens is 1. The highest BCUT2D eigenvalue weighted by Crippen LogP contribution is 2.31. The number of carbonyl (C=O) groups excluding carboxylic acids is 1. The van der Waals surface area contributed by atoms with Gasteiger partial charge in [-0.25, -0.2) is 4.68 Å². The number of hydrogen-bond acceptors (Lipinski definition) is 5. The van der Waals surface area contributed by atoms with Crippen LogP contribution in [0.1, 0.15) is 25.7 Å². The third-order valence-electron chi connectivity index (χ3n) is 6.12. The average Bonchev–Trinajstić information content (AvgIpc) is 3.32. The Kier molecular flexibility index (Phi) is 4.72. The van der Waals surface area contributed by atoms with Crippen LogP contribution in [-0.2, 0) is 9.53 Å². The third-order valence-corrected chi connectivity index (χ3v) is 6.31. The van der Waals surface area contributed by atoms with E-state index in [0.717, 1.165) is 63.2 Å². The van der Waals surface area contributed by atoms with Crippen molar-refractivity contribution in [2.75, 3.05) is 31.1 Å². The topological polar surface area (TPSA) is 63.5 Å². The lowest BCUT2D eigenvalue weighted by molar-refractivity contribution is -0.144. The number of anilines is 1. The average molecular weight is 402 g/mol. The SMILES string of the molecule is O=C(C1CCN(c2cnccc2-n2cc(Cl)cn2)CC1)N1CC2CCC(C1)O2. The van der Waals surface area contributed by atoms with Gasteiger partial charge in [-0.1, -0.05) is 11.6 Å². The monoisotopic (exact) mass is 401 g/mol. The molecule has 0 radical (unpaired) electrons. The van der Waals surface area contributed by atoms with Gasteiger partial charge in [-0.15, -0.1) is 0 Å². The Hall–Kier alpha value is -2.12. The third kappa shape index (κ3) is 3.37. The van der Waals surface area contributed by atoms with Crippen LogP contribution in [0.25, 0.3) is 5.69 Å². The zero-order valence-electron chi connectivity index (χ0n) is 15.7. The molecule has 0 N–H and O–H groups in total. The van der Waals surface area contributed by atoms with Crippen LogP contribution >= 0.6 is 11.6 Å². The van der Waals surface area contributed by atoms with Crippen molar-refractivity contribution < 1.29 is 9.53 Å². The number of ether oxygens (including phenoxy) is 1. The quantitative estimate of drug-likeness (QED) is 0.790. The van der Waals surface area contributed by atoms with Crippen molar-refractivity contribution in [2.24, 2.45) is 5.92 Å². The number of aromatic nitrogens is 3. The number of rotatable bonds is 3. The molecule has 2 unspecified atom stereocenters. The summed E-state index contributed by atoms with van der Waals surface area (Å²) in [7, 11) is 0. The van der Waals surface area contributed by atoms with E-state index in [-0.39, 0.29) is 18.1 Å². The summed E-state index contributed by atoms with van der Waals surface area (Å²) < 4.78 is 7.65. The van der Waals surface area contributed by atoms with E-state index in [4.69, 9.17) is 16.3 Å². The summed E-state index contributed by atoms with van der Waals surface area (Å²) in [6.45, 7) is 3.20. The molecule has 0 aromatic carbocycles. The first kappa shape index (κ1) is 17.9.